The van der Waals surface area contributed by atoms with Gasteiger partial charge < -0.3 is 14.8 Å². The van der Waals surface area contributed by atoms with Crippen molar-refractivity contribution < 1.29 is 19.1 Å². The Balaban J connectivity index is 1.84. The first-order valence-corrected chi connectivity index (χ1v) is 9.26. The summed E-state index contributed by atoms with van der Waals surface area (Å²) in [6.45, 7) is 5.39. The standard InChI is InChI=1S/C21H25ClN2O4/c1-21(2,3)28-20(26)24-16-9-7-15(8-10-16)23-19(25)12-6-14-5-11-18(27-4)17(22)13-14/h5,7-11,13H,6,12H2,1-4H3,(H,23,25)(H,24,26). The van der Waals surface area contributed by atoms with Gasteiger partial charge >= 0.3 is 6.09 Å². The van der Waals surface area contributed by atoms with Gasteiger partial charge in [0.25, 0.3) is 0 Å². The van der Waals surface area contributed by atoms with Crippen molar-refractivity contribution in [3.63, 3.8) is 0 Å². The smallest absolute Gasteiger partial charge is 0.412 e. The van der Waals surface area contributed by atoms with E-state index in [9.17, 15) is 9.59 Å². The molecule has 0 fully saturated rings. The number of carbonyl (C=O) groups excluding carboxylic acids is 2. The summed E-state index contributed by atoms with van der Waals surface area (Å²) < 4.78 is 10.3. The first-order valence-electron chi connectivity index (χ1n) is 8.88. The lowest BCUT2D eigenvalue weighted by molar-refractivity contribution is -0.116. The molecule has 2 aromatic carbocycles. The lowest BCUT2D eigenvalue weighted by Crippen LogP contribution is -2.27. The second kappa shape index (κ2) is 9.46. The maximum absolute atomic E-state index is 12.2. The summed E-state index contributed by atoms with van der Waals surface area (Å²) in [5, 5.41) is 5.99. The molecular weight excluding hydrogens is 380 g/mol. The first kappa shape index (κ1) is 21.6. The minimum atomic E-state index is -0.563. The number of benzene rings is 2. The first-order chi connectivity index (χ1) is 13.2. The highest BCUT2D eigenvalue weighted by molar-refractivity contribution is 6.32. The van der Waals surface area contributed by atoms with Gasteiger partial charge in [0.2, 0.25) is 5.91 Å². The molecule has 150 valence electrons. The Morgan fingerprint density at radius 3 is 2.14 bits per heavy atom. The van der Waals surface area contributed by atoms with Crippen molar-refractivity contribution in [1.29, 1.82) is 0 Å². The number of hydrogen-bond donors (Lipinski definition) is 2. The van der Waals surface area contributed by atoms with Crippen molar-refractivity contribution in [3.8, 4) is 5.75 Å². The number of anilines is 2. The lowest BCUT2D eigenvalue weighted by atomic mass is 10.1. The zero-order valence-corrected chi connectivity index (χ0v) is 17.2. The van der Waals surface area contributed by atoms with Crippen molar-refractivity contribution in [3.05, 3.63) is 53.1 Å². The van der Waals surface area contributed by atoms with Crippen LogP contribution in [-0.4, -0.2) is 24.7 Å². The molecule has 0 aliphatic carbocycles. The Hall–Kier alpha value is -2.73. The Bertz CT molecular complexity index is 829. The molecule has 0 saturated heterocycles. The van der Waals surface area contributed by atoms with Crippen LogP contribution in [0.4, 0.5) is 16.2 Å². The van der Waals surface area contributed by atoms with Gasteiger partial charge in [-0.25, -0.2) is 4.79 Å². The summed E-state index contributed by atoms with van der Waals surface area (Å²) in [5.41, 5.74) is 1.62. The third-order valence-corrected chi connectivity index (χ3v) is 3.97. The van der Waals surface area contributed by atoms with E-state index in [1.165, 1.54) is 0 Å². The molecule has 2 aromatic rings. The van der Waals surface area contributed by atoms with E-state index in [4.69, 9.17) is 21.1 Å². The predicted molar refractivity (Wildman–Crippen MR) is 111 cm³/mol. The van der Waals surface area contributed by atoms with Gasteiger partial charge in [0, 0.05) is 17.8 Å². The van der Waals surface area contributed by atoms with Gasteiger partial charge in [-0.15, -0.1) is 0 Å². The monoisotopic (exact) mass is 404 g/mol. The number of carbonyl (C=O) groups is 2. The average Bonchev–Trinajstić information content (AvgIpc) is 2.60. The van der Waals surface area contributed by atoms with Gasteiger partial charge in [-0.3, -0.25) is 10.1 Å². The number of halogens is 1. The molecule has 0 saturated carbocycles. The Kier molecular flexibility index (Phi) is 7.29. The number of hydrogen-bond acceptors (Lipinski definition) is 4. The fraction of sp³-hybridized carbons (Fsp3) is 0.333. The molecular formula is C21H25ClN2O4. The Labute approximate surface area is 170 Å². The Morgan fingerprint density at radius 2 is 1.61 bits per heavy atom. The van der Waals surface area contributed by atoms with Crippen LogP contribution in [0.15, 0.2) is 42.5 Å². The topological polar surface area (TPSA) is 76.7 Å². The number of nitrogens with one attached hydrogen (secondary N) is 2. The van der Waals surface area contributed by atoms with Crippen LogP contribution in [0.3, 0.4) is 0 Å². The summed E-state index contributed by atoms with van der Waals surface area (Å²) in [4.78, 5) is 23.9. The molecule has 0 bridgehead atoms. The van der Waals surface area contributed by atoms with Crippen LogP contribution in [0.1, 0.15) is 32.8 Å². The molecule has 0 aliphatic heterocycles. The summed E-state index contributed by atoms with van der Waals surface area (Å²) in [7, 11) is 1.56. The minimum absolute atomic E-state index is 0.111. The van der Waals surface area contributed by atoms with Gasteiger partial charge in [-0.2, -0.15) is 0 Å². The van der Waals surface area contributed by atoms with Crippen LogP contribution in [0.5, 0.6) is 5.75 Å². The highest BCUT2D eigenvalue weighted by atomic mass is 35.5. The third-order valence-electron chi connectivity index (χ3n) is 3.67. The third kappa shape index (κ3) is 7.12. The van der Waals surface area contributed by atoms with E-state index in [0.29, 0.717) is 35.0 Å². The van der Waals surface area contributed by atoms with E-state index in [1.807, 2.05) is 6.07 Å². The van der Waals surface area contributed by atoms with Crippen LogP contribution >= 0.6 is 11.6 Å². The zero-order valence-electron chi connectivity index (χ0n) is 16.5. The number of rotatable bonds is 6. The SMILES string of the molecule is COc1ccc(CCC(=O)Nc2ccc(NC(=O)OC(C)(C)C)cc2)cc1Cl. The van der Waals surface area contributed by atoms with E-state index >= 15 is 0 Å². The quantitative estimate of drug-likeness (QED) is 0.687. The molecule has 0 aliphatic rings. The second-order valence-corrected chi connectivity index (χ2v) is 7.63. The van der Waals surface area contributed by atoms with Gasteiger partial charge in [-0.1, -0.05) is 17.7 Å². The average molecular weight is 405 g/mol. The van der Waals surface area contributed by atoms with E-state index in [-0.39, 0.29) is 5.91 Å². The molecule has 0 unspecified atom stereocenters. The number of ether oxygens (including phenoxy) is 2. The van der Waals surface area contributed by atoms with E-state index < -0.39 is 11.7 Å². The van der Waals surface area contributed by atoms with E-state index in [2.05, 4.69) is 10.6 Å². The largest absolute Gasteiger partial charge is 0.495 e. The predicted octanol–water partition coefficient (Wildman–Crippen LogP) is 5.27. The van der Waals surface area contributed by atoms with Crippen molar-refractivity contribution >= 4 is 35.0 Å². The van der Waals surface area contributed by atoms with Gasteiger partial charge in [0.15, 0.2) is 0 Å². The maximum atomic E-state index is 12.2. The van der Waals surface area contributed by atoms with Crippen molar-refractivity contribution in [2.75, 3.05) is 17.7 Å². The molecule has 0 aromatic heterocycles. The summed E-state index contributed by atoms with van der Waals surface area (Å²) >= 11 is 6.10. The van der Waals surface area contributed by atoms with Crippen LogP contribution in [0.2, 0.25) is 5.02 Å². The second-order valence-electron chi connectivity index (χ2n) is 7.22. The van der Waals surface area contributed by atoms with Crippen molar-refractivity contribution in [2.45, 2.75) is 39.2 Å². The molecule has 2 N–H and O–H groups in total. The minimum Gasteiger partial charge on any atom is -0.495 e. The molecule has 7 heteroatoms. The lowest BCUT2D eigenvalue weighted by Gasteiger charge is -2.19. The molecule has 0 spiro atoms. The maximum Gasteiger partial charge on any atom is 0.412 e. The molecule has 2 amide bonds. The molecule has 0 heterocycles. The van der Waals surface area contributed by atoms with Crippen LogP contribution in [0.25, 0.3) is 0 Å². The van der Waals surface area contributed by atoms with Gasteiger partial charge in [-0.05, 0) is 69.2 Å². The van der Waals surface area contributed by atoms with Gasteiger partial charge in [0.1, 0.15) is 11.4 Å². The molecule has 2 rings (SSSR count). The number of aryl methyl sites for hydroxylation is 1. The van der Waals surface area contributed by atoms with E-state index in [0.717, 1.165) is 5.56 Å². The van der Waals surface area contributed by atoms with Crippen LogP contribution in [-0.2, 0) is 16.0 Å². The van der Waals surface area contributed by atoms with Crippen LogP contribution in [0, 0.1) is 0 Å². The molecule has 0 atom stereocenters. The number of methoxy groups -OCH3 is 1. The van der Waals surface area contributed by atoms with Crippen molar-refractivity contribution in [2.24, 2.45) is 0 Å². The highest BCUT2D eigenvalue weighted by Gasteiger charge is 2.16. The highest BCUT2D eigenvalue weighted by Crippen LogP contribution is 2.25. The summed E-state index contributed by atoms with van der Waals surface area (Å²) in [6, 6.07) is 12.3. The molecule has 28 heavy (non-hydrogen) atoms. The summed E-state index contributed by atoms with van der Waals surface area (Å²) in [5.74, 6) is 0.495. The number of amides is 2. The fourth-order valence-electron chi connectivity index (χ4n) is 2.41. The molecule has 6 nitrogen and oxygen atoms in total. The summed E-state index contributed by atoms with van der Waals surface area (Å²) in [6.07, 6.45) is 0.358. The van der Waals surface area contributed by atoms with Gasteiger partial charge in [0.05, 0.1) is 12.1 Å². The normalized spacial score (nSPS) is 10.9. The zero-order chi connectivity index (χ0) is 20.7. The fourth-order valence-corrected chi connectivity index (χ4v) is 2.69. The molecule has 0 radical (unpaired) electrons. The Morgan fingerprint density at radius 1 is 1.00 bits per heavy atom. The van der Waals surface area contributed by atoms with Crippen LogP contribution < -0.4 is 15.4 Å². The van der Waals surface area contributed by atoms with Crippen molar-refractivity contribution in [1.82, 2.24) is 0 Å². The van der Waals surface area contributed by atoms with E-state index in [1.54, 1.807) is 64.3 Å².